The second-order valence-electron chi connectivity index (χ2n) is 6.75. The molecular weight excluding hydrogens is 342 g/mol. The Morgan fingerprint density at radius 1 is 1.11 bits per heavy atom. The van der Waals surface area contributed by atoms with Gasteiger partial charge in [0.05, 0.1) is 24.9 Å². The van der Waals surface area contributed by atoms with Gasteiger partial charge in [-0.25, -0.2) is 4.79 Å². The average molecular weight is 371 g/mol. The van der Waals surface area contributed by atoms with E-state index >= 15 is 0 Å². The SMILES string of the molecule is COc1cccc(C(CNC(=O)Nc2ccccc2OC(C)C)N(C)C)c1. The highest BCUT2D eigenvalue weighted by molar-refractivity contribution is 5.90. The molecular formula is C21H29N3O3. The van der Waals surface area contributed by atoms with Crippen LogP contribution < -0.4 is 20.1 Å². The Hall–Kier alpha value is -2.73. The summed E-state index contributed by atoms with van der Waals surface area (Å²) in [7, 11) is 5.61. The number of likely N-dealkylation sites (N-methyl/N-ethyl adjacent to an activating group) is 1. The van der Waals surface area contributed by atoms with Crippen molar-refractivity contribution in [2.75, 3.05) is 33.1 Å². The zero-order valence-corrected chi connectivity index (χ0v) is 16.7. The summed E-state index contributed by atoms with van der Waals surface area (Å²) in [6.07, 6.45) is 0.0298. The number of anilines is 1. The lowest BCUT2D eigenvalue weighted by Gasteiger charge is -2.25. The van der Waals surface area contributed by atoms with E-state index in [0.717, 1.165) is 11.3 Å². The number of carbonyl (C=O) groups excluding carboxylic acids is 1. The summed E-state index contributed by atoms with van der Waals surface area (Å²) in [5.41, 5.74) is 1.72. The van der Waals surface area contributed by atoms with E-state index in [1.54, 1.807) is 7.11 Å². The number of benzene rings is 2. The minimum absolute atomic E-state index is 0.0213. The number of urea groups is 1. The Morgan fingerprint density at radius 3 is 2.52 bits per heavy atom. The molecule has 0 aliphatic carbocycles. The normalized spacial score (nSPS) is 12.0. The van der Waals surface area contributed by atoms with Crippen molar-refractivity contribution in [2.24, 2.45) is 0 Å². The van der Waals surface area contributed by atoms with Crippen LogP contribution in [0.1, 0.15) is 25.5 Å². The van der Waals surface area contributed by atoms with Crippen LogP contribution in [0.4, 0.5) is 10.5 Å². The van der Waals surface area contributed by atoms with E-state index in [1.165, 1.54) is 0 Å². The molecule has 6 nitrogen and oxygen atoms in total. The van der Waals surface area contributed by atoms with Crippen LogP contribution in [0.2, 0.25) is 0 Å². The molecule has 0 radical (unpaired) electrons. The molecule has 0 spiro atoms. The Balaban J connectivity index is 2.02. The van der Waals surface area contributed by atoms with Crippen LogP contribution in [0.5, 0.6) is 11.5 Å². The molecule has 0 aromatic heterocycles. The standard InChI is InChI=1S/C21H29N3O3/c1-15(2)27-20-12-7-6-11-18(20)23-21(25)22-14-19(24(3)4)16-9-8-10-17(13-16)26-5/h6-13,15,19H,14H2,1-5H3,(H2,22,23,25). The lowest BCUT2D eigenvalue weighted by molar-refractivity contribution is 0.239. The second-order valence-corrected chi connectivity index (χ2v) is 6.75. The number of nitrogens with one attached hydrogen (secondary N) is 2. The van der Waals surface area contributed by atoms with Crippen molar-refractivity contribution < 1.29 is 14.3 Å². The second kappa shape index (κ2) is 9.83. The number of nitrogens with zero attached hydrogens (tertiary/aromatic N) is 1. The maximum atomic E-state index is 12.4. The third kappa shape index (κ3) is 6.18. The first-order valence-corrected chi connectivity index (χ1v) is 9.01. The summed E-state index contributed by atoms with van der Waals surface area (Å²) >= 11 is 0. The van der Waals surface area contributed by atoms with Crippen LogP contribution in [0.3, 0.4) is 0 Å². The predicted molar refractivity (Wildman–Crippen MR) is 109 cm³/mol. The summed E-state index contributed by atoms with van der Waals surface area (Å²) in [5, 5.41) is 5.81. The van der Waals surface area contributed by atoms with E-state index in [2.05, 4.69) is 15.5 Å². The highest BCUT2D eigenvalue weighted by atomic mass is 16.5. The summed E-state index contributed by atoms with van der Waals surface area (Å²) < 4.78 is 11.0. The van der Waals surface area contributed by atoms with Crippen LogP contribution in [0.15, 0.2) is 48.5 Å². The maximum absolute atomic E-state index is 12.4. The number of carbonyl (C=O) groups is 1. The summed E-state index contributed by atoms with van der Waals surface area (Å²) in [6, 6.07) is 15.0. The fourth-order valence-electron chi connectivity index (χ4n) is 2.73. The van der Waals surface area contributed by atoms with Crippen LogP contribution in [-0.2, 0) is 0 Å². The highest BCUT2D eigenvalue weighted by Gasteiger charge is 2.16. The van der Waals surface area contributed by atoms with Crippen LogP contribution in [0, 0.1) is 0 Å². The number of methoxy groups -OCH3 is 1. The molecule has 6 heteroatoms. The molecule has 0 bridgehead atoms. The Bertz CT molecular complexity index is 747. The minimum Gasteiger partial charge on any atom is -0.497 e. The van der Waals surface area contributed by atoms with Gasteiger partial charge in [0.2, 0.25) is 0 Å². The molecule has 2 N–H and O–H groups in total. The largest absolute Gasteiger partial charge is 0.497 e. The molecule has 146 valence electrons. The molecule has 2 rings (SSSR count). The molecule has 2 aromatic carbocycles. The number of hydrogen-bond donors (Lipinski definition) is 2. The highest BCUT2D eigenvalue weighted by Crippen LogP contribution is 2.25. The van der Waals surface area contributed by atoms with Gasteiger partial charge in [-0.2, -0.15) is 0 Å². The molecule has 0 saturated carbocycles. The Morgan fingerprint density at radius 2 is 1.85 bits per heavy atom. The molecule has 0 fully saturated rings. The van der Waals surface area contributed by atoms with Crippen LogP contribution >= 0.6 is 0 Å². The van der Waals surface area contributed by atoms with Crippen LogP contribution in [-0.4, -0.2) is 44.8 Å². The lowest BCUT2D eigenvalue weighted by atomic mass is 10.1. The molecule has 1 unspecified atom stereocenters. The number of rotatable bonds is 8. The van der Waals surface area contributed by atoms with Gasteiger partial charge < -0.3 is 25.0 Å². The van der Waals surface area contributed by atoms with Gasteiger partial charge in [0.1, 0.15) is 11.5 Å². The van der Waals surface area contributed by atoms with Gasteiger partial charge in [-0.05, 0) is 57.8 Å². The fourth-order valence-corrected chi connectivity index (χ4v) is 2.73. The van der Waals surface area contributed by atoms with E-state index in [9.17, 15) is 4.79 Å². The first-order valence-electron chi connectivity index (χ1n) is 9.01. The van der Waals surface area contributed by atoms with Crippen molar-refractivity contribution in [1.82, 2.24) is 10.2 Å². The Labute approximate surface area is 161 Å². The monoisotopic (exact) mass is 371 g/mol. The van der Waals surface area contributed by atoms with E-state index in [4.69, 9.17) is 9.47 Å². The van der Waals surface area contributed by atoms with Gasteiger partial charge in [-0.15, -0.1) is 0 Å². The third-order valence-electron chi connectivity index (χ3n) is 4.06. The summed E-state index contributed by atoms with van der Waals surface area (Å²) in [5.74, 6) is 1.45. The van der Waals surface area contributed by atoms with E-state index < -0.39 is 0 Å². The van der Waals surface area contributed by atoms with E-state index in [0.29, 0.717) is 18.0 Å². The van der Waals surface area contributed by atoms with Gasteiger partial charge in [0, 0.05) is 6.54 Å². The molecule has 1 atom stereocenters. The fraction of sp³-hybridized carbons (Fsp3) is 0.381. The van der Waals surface area contributed by atoms with Crippen molar-refractivity contribution in [3.63, 3.8) is 0 Å². The van der Waals surface area contributed by atoms with Gasteiger partial charge >= 0.3 is 6.03 Å². The molecule has 2 amide bonds. The molecule has 27 heavy (non-hydrogen) atoms. The predicted octanol–water partition coefficient (Wildman–Crippen LogP) is 3.91. The smallest absolute Gasteiger partial charge is 0.319 e. The topological polar surface area (TPSA) is 62.8 Å². The van der Waals surface area contributed by atoms with E-state index in [-0.39, 0.29) is 18.2 Å². The van der Waals surface area contributed by atoms with E-state index in [1.807, 2.05) is 76.5 Å². The molecule has 0 aliphatic rings. The minimum atomic E-state index is -0.274. The molecule has 2 aromatic rings. The van der Waals surface area contributed by atoms with Crippen LogP contribution in [0.25, 0.3) is 0 Å². The van der Waals surface area contributed by atoms with Crippen molar-refractivity contribution in [3.05, 3.63) is 54.1 Å². The number of para-hydroxylation sites is 2. The molecule has 0 saturated heterocycles. The quantitative estimate of drug-likeness (QED) is 0.739. The number of ether oxygens (including phenoxy) is 2. The lowest BCUT2D eigenvalue weighted by Crippen LogP contribution is -2.37. The number of hydrogen-bond acceptors (Lipinski definition) is 4. The zero-order valence-electron chi connectivity index (χ0n) is 16.7. The van der Waals surface area contributed by atoms with Gasteiger partial charge in [-0.1, -0.05) is 24.3 Å². The summed E-state index contributed by atoms with van der Waals surface area (Å²) in [4.78, 5) is 14.5. The van der Waals surface area contributed by atoms with Crippen molar-refractivity contribution >= 4 is 11.7 Å². The maximum Gasteiger partial charge on any atom is 0.319 e. The third-order valence-corrected chi connectivity index (χ3v) is 4.06. The Kier molecular flexibility index (Phi) is 7.49. The van der Waals surface area contributed by atoms with Crippen molar-refractivity contribution in [2.45, 2.75) is 26.0 Å². The average Bonchev–Trinajstić information content (AvgIpc) is 2.63. The first-order chi connectivity index (χ1) is 12.9. The molecule has 0 heterocycles. The first kappa shape index (κ1) is 20.6. The van der Waals surface area contributed by atoms with Gasteiger partial charge in [-0.3, -0.25) is 0 Å². The van der Waals surface area contributed by atoms with Crippen molar-refractivity contribution in [3.8, 4) is 11.5 Å². The summed E-state index contributed by atoms with van der Waals surface area (Å²) in [6.45, 7) is 4.36. The van der Waals surface area contributed by atoms with Gasteiger partial charge in [0.15, 0.2) is 0 Å². The zero-order chi connectivity index (χ0) is 19.8. The molecule has 0 aliphatic heterocycles. The number of amides is 2. The van der Waals surface area contributed by atoms with Gasteiger partial charge in [0.25, 0.3) is 0 Å². The van der Waals surface area contributed by atoms with Crippen molar-refractivity contribution in [1.29, 1.82) is 0 Å².